The first kappa shape index (κ1) is 18.3. The van der Waals surface area contributed by atoms with Crippen LogP contribution in [-0.2, 0) is 10.0 Å². The van der Waals surface area contributed by atoms with Gasteiger partial charge in [-0.1, -0.05) is 11.6 Å². The van der Waals surface area contributed by atoms with Crippen molar-refractivity contribution in [3.63, 3.8) is 0 Å². The Kier molecular flexibility index (Phi) is 5.15. The quantitative estimate of drug-likeness (QED) is 0.795. The van der Waals surface area contributed by atoms with Crippen LogP contribution in [0.1, 0.15) is 20.4 Å². The van der Waals surface area contributed by atoms with E-state index in [9.17, 15) is 13.2 Å². The number of sulfonamides is 1. The third-order valence-electron chi connectivity index (χ3n) is 4.08. The number of carbonyl (C=O) groups excluding carboxylic acids is 1. The topological polar surface area (TPSA) is 70.6 Å². The van der Waals surface area contributed by atoms with Crippen molar-refractivity contribution in [2.45, 2.75) is 18.7 Å². The summed E-state index contributed by atoms with van der Waals surface area (Å²) in [6.45, 7) is 4.96. The molecule has 1 saturated heterocycles. The number of piperazine rings is 1. The molecule has 0 aliphatic carbocycles. The van der Waals surface area contributed by atoms with Crippen LogP contribution >= 0.6 is 22.9 Å². The van der Waals surface area contributed by atoms with E-state index < -0.39 is 10.0 Å². The molecule has 25 heavy (non-hydrogen) atoms. The monoisotopic (exact) mass is 399 g/mol. The molecule has 0 saturated carbocycles. The number of nitrogens with zero attached hydrogens (tertiary/aromatic N) is 3. The van der Waals surface area contributed by atoms with E-state index in [2.05, 4.69) is 4.98 Å². The van der Waals surface area contributed by atoms with Crippen LogP contribution in [0.2, 0.25) is 5.02 Å². The van der Waals surface area contributed by atoms with Gasteiger partial charge in [-0.25, -0.2) is 13.4 Å². The minimum absolute atomic E-state index is 0.134. The van der Waals surface area contributed by atoms with Crippen molar-refractivity contribution < 1.29 is 13.2 Å². The number of aryl methyl sites for hydroxylation is 2. The van der Waals surface area contributed by atoms with Gasteiger partial charge in [-0.15, -0.1) is 11.3 Å². The van der Waals surface area contributed by atoms with E-state index >= 15 is 0 Å². The van der Waals surface area contributed by atoms with Crippen molar-refractivity contribution in [3.05, 3.63) is 44.9 Å². The van der Waals surface area contributed by atoms with E-state index in [0.717, 1.165) is 9.88 Å². The molecular formula is C16H18ClN3O3S2. The maximum absolute atomic E-state index is 12.7. The van der Waals surface area contributed by atoms with Crippen molar-refractivity contribution in [2.75, 3.05) is 26.2 Å². The summed E-state index contributed by atoms with van der Waals surface area (Å²) >= 11 is 7.31. The fourth-order valence-electron chi connectivity index (χ4n) is 2.76. The molecule has 2 aromatic rings. The Balaban J connectivity index is 1.70. The van der Waals surface area contributed by atoms with Gasteiger partial charge in [0, 0.05) is 36.1 Å². The second kappa shape index (κ2) is 7.03. The zero-order valence-corrected chi connectivity index (χ0v) is 16.3. The molecule has 1 fully saturated rings. The van der Waals surface area contributed by atoms with Crippen LogP contribution < -0.4 is 0 Å². The van der Waals surface area contributed by atoms with Crippen LogP contribution in [0.5, 0.6) is 0 Å². The van der Waals surface area contributed by atoms with Crippen molar-refractivity contribution in [1.29, 1.82) is 0 Å². The second-order valence-electron chi connectivity index (χ2n) is 5.79. The molecule has 0 N–H and O–H groups in total. The van der Waals surface area contributed by atoms with Gasteiger partial charge in [-0.3, -0.25) is 4.79 Å². The molecule has 1 aliphatic rings. The number of thiazole rings is 1. The van der Waals surface area contributed by atoms with Crippen LogP contribution in [0.15, 0.2) is 29.2 Å². The number of hydrogen-bond acceptors (Lipinski definition) is 5. The molecule has 134 valence electrons. The Morgan fingerprint density at radius 3 is 2.24 bits per heavy atom. The number of amides is 1. The van der Waals surface area contributed by atoms with Crippen molar-refractivity contribution in [1.82, 2.24) is 14.2 Å². The van der Waals surface area contributed by atoms with Crippen molar-refractivity contribution in [2.24, 2.45) is 0 Å². The zero-order valence-electron chi connectivity index (χ0n) is 13.9. The molecule has 0 atom stereocenters. The third-order valence-corrected chi connectivity index (χ3v) is 7.13. The lowest BCUT2D eigenvalue weighted by atomic mass is 10.3. The average Bonchev–Trinajstić information content (AvgIpc) is 2.93. The minimum Gasteiger partial charge on any atom is -0.335 e. The first-order valence-corrected chi connectivity index (χ1v) is 10.4. The molecule has 0 bridgehead atoms. The largest absolute Gasteiger partial charge is 0.335 e. The molecule has 3 rings (SSSR count). The van der Waals surface area contributed by atoms with Gasteiger partial charge < -0.3 is 4.90 Å². The van der Waals surface area contributed by atoms with Gasteiger partial charge in [-0.2, -0.15) is 4.31 Å². The van der Waals surface area contributed by atoms with E-state index in [4.69, 9.17) is 11.6 Å². The Bertz CT molecular complexity index is 886. The number of hydrogen-bond donors (Lipinski definition) is 0. The third kappa shape index (κ3) is 3.72. The van der Waals surface area contributed by atoms with Gasteiger partial charge in [0.1, 0.15) is 5.69 Å². The van der Waals surface area contributed by atoms with E-state index in [-0.39, 0.29) is 23.9 Å². The fraction of sp³-hybridized carbons (Fsp3) is 0.375. The summed E-state index contributed by atoms with van der Waals surface area (Å²) in [5.41, 5.74) is 0.469. The Morgan fingerprint density at radius 1 is 1.12 bits per heavy atom. The Labute approximate surface area is 156 Å². The van der Waals surface area contributed by atoms with Gasteiger partial charge in [0.2, 0.25) is 10.0 Å². The van der Waals surface area contributed by atoms with Gasteiger partial charge >= 0.3 is 0 Å². The summed E-state index contributed by atoms with van der Waals surface area (Å²) in [7, 11) is -3.57. The lowest BCUT2D eigenvalue weighted by molar-refractivity contribution is 0.0692. The lowest BCUT2D eigenvalue weighted by Crippen LogP contribution is -2.50. The van der Waals surface area contributed by atoms with Crippen molar-refractivity contribution in [3.8, 4) is 0 Å². The number of halogens is 1. The standard InChI is InChI=1S/C16H18ClN3O3S2/c1-11-15(18-12(2)24-11)16(21)19-7-9-20(10-8-19)25(22,23)14-5-3-13(17)4-6-14/h3-6H,7-10H2,1-2H3. The molecule has 0 spiro atoms. The number of rotatable bonds is 3. The van der Waals surface area contributed by atoms with Crippen LogP contribution in [0, 0.1) is 13.8 Å². The predicted molar refractivity (Wildman–Crippen MR) is 97.7 cm³/mol. The molecule has 0 unspecified atom stereocenters. The summed E-state index contributed by atoms with van der Waals surface area (Å²) in [4.78, 5) is 19.6. The molecule has 1 aromatic carbocycles. The molecule has 2 heterocycles. The number of carbonyl (C=O) groups is 1. The van der Waals surface area contributed by atoms with Gasteiger partial charge in [-0.05, 0) is 38.1 Å². The highest BCUT2D eigenvalue weighted by atomic mass is 35.5. The summed E-state index contributed by atoms with van der Waals surface area (Å²) < 4.78 is 26.7. The van der Waals surface area contributed by atoms with Crippen LogP contribution in [0.4, 0.5) is 0 Å². The second-order valence-corrected chi connectivity index (χ2v) is 9.57. The highest BCUT2D eigenvalue weighted by Gasteiger charge is 2.31. The molecule has 1 aliphatic heterocycles. The maximum Gasteiger partial charge on any atom is 0.273 e. The molecule has 6 nitrogen and oxygen atoms in total. The Morgan fingerprint density at radius 2 is 1.72 bits per heavy atom. The highest BCUT2D eigenvalue weighted by Crippen LogP contribution is 2.22. The smallest absolute Gasteiger partial charge is 0.273 e. The van der Waals surface area contributed by atoms with E-state index in [1.165, 1.54) is 27.8 Å². The van der Waals surface area contributed by atoms with E-state index in [0.29, 0.717) is 23.8 Å². The molecule has 1 aromatic heterocycles. The lowest BCUT2D eigenvalue weighted by Gasteiger charge is -2.33. The Hall–Kier alpha value is -1.48. The van der Waals surface area contributed by atoms with E-state index in [1.807, 2.05) is 13.8 Å². The average molecular weight is 400 g/mol. The SMILES string of the molecule is Cc1nc(C(=O)N2CCN(S(=O)(=O)c3ccc(Cl)cc3)CC2)c(C)s1. The molecule has 1 amide bonds. The summed E-state index contributed by atoms with van der Waals surface area (Å²) in [5.74, 6) is -0.134. The minimum atomic E-state index is -3.57. The normalized spacial score (nSPS) is 16.2. The summed E-state index contributed by atoms with van der Waals surface area (Å²) in [6.07, 6.45) is 0. The van der Waals surface area contributed by atoms with Gasteiger partial charge in [0.15, 0.2) is 0 Å². The molecular weight excluding hydrogens is 382 g/mol. The van der Waals surface area contributed by atoms with E-state index in [1.54, 1.807) is 17.0 Å². The van der Waals surface area contributed by atoms with Crippen LogP contribution in [-0.4, -0.2) is 54.7 Å². The van der Waals surface area contributed by atoms with Gasteiger partial charge in [0.05, 0.1) is 9.90 Å². The number of benzene rings is 1. The highest BCUT2D eigenvalue weighted by molar-refractivity contribution is 7.89. The first-order valence-electron chi connectivity index (χ1n) is 7.78. The predicted octanol–water partition coefficient (Wildman–Crippen LogP) is 2.56. The molecule has 9 heteroatoms. The maximum atomic E-state index is 12.7. The first-order chi connectivity index (χ1) is 11.8. The van der Waals surface area contributed by atoms with Crippen LogP contribution in [0.25, 0.3) is 0 Å². The van der Waals surface area contributed by atoms with Gasteiger partial charge in [0.25, 0.3) is 5.91 Å². The summed E-state index contributed by atoms with van der Waals surface area (Å²) in [6, 6.07) is 6.11. The number of aromatic nitrogens is 1. The van der Waals surface area contributed by atoms with Crippen molar-refractivity contribution >= 4 is 38.9 Å². The molecule has 0 radical (unpaired) electrons. The fourth-order valence-corrected chi connectivity index (χ4v) is 5.12. The van der Waals surface area contributed by atoms with Crippen LogP contribution in [0.3, 0.4) is 0 Å². The zero-order chi connectivity index (χ0) is 18.2. The summed E-state index contributed by atoms with van der Waals surface area (Å²) in [5, 5.41) is 1.34.